The number of nitrogens with zero attached hydrogens (tertiary/aromatic N) is 1. The molecule has 0 heterocycles. The zero-order valence-electron chi connectivity index (χ0n) is 18.0. The Labute approximate surface area is 197 Å². The molecule has 2 aromatic rings. The van der Waals surface area contributed by atoms with Gasteiger partial charge >= 0.3 is 12.0 Å². The highest BCUT2D eigenvalue weighted by atomic mass is 35.5. The van der Waals surface area contributed by atoms with Crippen LogP contribution in [0.1, 0.15) is 32.8 Å². The molecule has 32 heavy (non-hydrogen) atoms. The van der Waals surface area contributed by atoms with Crippen molar-refractivity contribution in [1.29, 1.82) is 0 Å². The number of halogens is 2. The van der Waals surface area contributed by atoms with Gasteiger partial charge in [0.05, 0.1) is 24.1 Å². The van der Waals surface area contributed by atoms with Crippen molar-refractivity contribution in [2.45, 2.75) is 45.9 Å². The minimum Gasteiger partial charge on any atom is -0.489 e. The maximum absolute atomic E-state index is 12.3. The summed E-state index contributed by atoms with van der Waals surface area (Å²) >= 11 is 12.2. The normalized spacial score (nSPS) is 12.2. The molecule has 0 saturated carbocycles. The fourth-order valence-electron chi connectivity index (χ4n) is 2.62. The van der Waals surface area contributed by atoms with E-state index in [1.807, 2.05) is 26.0 Å². The molecule has 0 unspecified atom stereocenters. The maximum Gasteiger partial charge on any atom is 0.321 e. The van der Waals surface area contributed by atoms with E-state index in [1.165, 1.54) is 0 Å². The molecule has 0 aromatic heterocycles. The van der Waals surface area contributed by atoms with Gasteiger partial charge in [0.15, 0.2) is 0 Å². The van der Waals surface area contributed by atoms with Crippen molar-refractivity contribution in [3.05, 3.63) is 58.1 Å². The van der Waals surface area contributed by atoms with Crippen LogP contribution in [-0.2, 0) is 11.3 Å². The number of urea groups is 1. The Morgan fingerprint density at radius 3 is 2.38 bits per heavy atom. The van der Waals surface area contributed by atoms with Crippen LogP contribution in [0.5, 0.6) is 5.75 Å². The quantitative estimate of drug-likeness (QED) is 0.316. The third-order valence-electron chi connectivity index (χ3n) is 3.98. The number of anilines is 1. The van der Waals surface area contributed by atoms with Crippen LogP contribution < -0.4 is 20.7 Å². The zero-order valence-corrected chi connectivity index (χ0v) is 19.5. The predicted octanol–water partition coefficient (Wildman–Crippen LogP) is 4.91. The van der Waals surface area contributed by atoms with E-state index in [1.54, 1.807) is 37.3 Å². The van der Waals surface area contributed by atoms with Gasteiger partial charge in [0.25, 0.3) is 0 Å². The van der Waals surface area contributed by atoms with E-state index in [0.717, 1.165) is 5.56 Å². The van der Waals surface area contributed by atoms with Gasteiger partial charge < -0.3 is 20.5 Å². The molecule has 8 nitrogen and oxygen atoms in total. The van der Waals surface area contributed by atoms with Crippen molar-refractivity contribution >= 4 is 46.8 Å². The Bertz CT molecular complexity index is 965. The number of carboxylic acid groups (broad SMARTS) is 1. The van der Waals surface area contributed by atoms with Crippen molar-refractivity contribution in [2.24, 2.45) is 4.99 Å². The molecule has 0 bridgehead atoms. The molecule has 0 aliphatic heterocycles. The first kappa shape index (κ1) is 25.3. The number of guanidine groups is 1. The first-order chi connectivity index (χ1) is 15.1. The molecule has 10 heteroatoms. The highest BCUT2D eigenvalue weighted by Gasteiger charge is 2.13. The number of carbonyl (C=O) groups excluding carboxylic acids is 1. The van der Waals surface area contributed by atoms with Gasteiger partial charge in [-0.2, -0.15) is 0 Å². The lowest BCUT2D eigenvalue weighted by Crippen LogP contribution is -2.46. The number of aliphatic imine (C=N–C) groups is 1. The number of hydrogen-bond acceptors (Lipinski definition) is 4. The van der Waals surface area contributed by atoms with E-state index in [0.29, 0.717) is 21.5 Å². The summed E-state index contributed by atoms with van der Waals surface area (Å²) in [5.41, 5.74) is 1.47. The second kappa shape index (κ2) is 12.2. The van der Waals surface area contributed by atoms with Gasteiger partial charge in [0.2, 0.25) is 5.96 Å². The first-order valence-corrected chi connectivity index (χ1v) is 10.7. The number of nitrogens with one attached hydrogen (secondary N) is 3. The molecule has 0 spiro atoms. The third kappa shape index (κ3) is 9.03. The van der Waals surface area contributed by atoms with Crippen molar-refractivity contribution in [2.75, 3.05) is 5.32 Å². The van der Waals surface area contributed by atoms with Crippen LogP contribution in [0.4, 0.5) is 10.5 Å². The standard InChI is InChI=1S/C22H26Cl2N4O4/c1-13(2)32-19-9-8-17(11-18(19)24)27-21(25-12-15-4-6-16(23)7-5-15)28-22(31)26-14(3)10-20(29)30/h4-9,11,13-14H,10,12H2,1-3H3,(H,29,30)(H3,25,26,27,28,31)/t14-/m1/s1. The van der Waals surface area contributed by atoms with Crippen molar-refractivity contribution in [1.82, 2.24) is 10.6 Å². The number of carbonyl (C=O) groups is 2. The van der Waals surface area contributed by atoms with Crippen molar-refractivity contribution in [3.63, 3.8) is 0 Å². The SMILES string of the molecule is CC(C)Oc1ccc(NC(=NCc2ccc(Cl)cc2)NC(=O)N[C@H](C)CC(=O)O)cc1Cl. The molecule has 0 fully saturated rings. The Morgan fingerprint density at radius 2 is 1.78 bits per heavy atom. The molecule has 2 aromatic carbocycles. The number of aliphatic carboxylic acids is 1. The van der Waals surface area contributed by atoms with Gasteiger partial charge in [0.1, 0.15) is 5.75 Å². The number of hydrogen-bond donors (Lipinski definition) is 4. The third-order valence-corrected chi connectivity index (χ3v) is 4.53. The van der Waals surface area contributed by atoms with Gasteiger partial charge in [0, 0.05) is 16.8 Å². The van der Waals surface area contributed by atoms with Crippen molar-refractivity contribution < 1.29 is 19.4 Å². The summed E-state index contributed by atoms with van der Waals surface area (Å²) in [6.45, 7) is 5.67. The summed E-state index contributed by atoms with van der Waals surface area (Å²) in [4.78, 5) is 27.6. The molecule has 4 N–H and O–H groups in total. The van der Waals surface area contributed by atoms with Crippen LogP contribution in [0, 0.1) is 0 Å². The van der Waals surface area contributed by atoms with E-state index in [4.69, 9.17) is 33.0 Å². The fraction of sp³-hybridized carbons (Fsp3) is 0.318. The summed E-state index contributed by atoms with van der Waals surface area (Å²) in [7, 11) is 0. The van der Waals surface area contributed by atoms with Gasteiger partial charge in [-0.25, -0.2) is 9.79 Å². The van der Waals surface area contributed by atoms with Crippen LogP contribution in [0.15, 0.2) is 47.5 Å². The second-order valence-corrected chi connectivity index (χ2v) is 8.17. The Morgan fingerprint density at radius 1 is 1.09 bits per heavy atom. The molecule has 1 atom stereocenters. The number of rotatable bonds is 8. The van der Waals surface area contributed by atoms with E-state index >= 15 is 0 Å². The number of amides is 2. The Balaban J connectivity index is 2.16. The lowest BCUT2D eigenvalue weighted by atomic mass is 10.2. The minimum absolute atomic E-state index is 0.0269. The average Bonchev–Trinajstić information content (AvgIpc) is 2.68. The van der Waals surface area contributed by atoms with E-state index < -0.39 is 18.0 Å². The molecule has 0 aliphatic rings. The molecule has 0 aliphatic carbocycles. The summed E-state index contributed by atoms with van der Waals surface area (Å²) in [6.07, 6.45) is -0.230. The second-order valence-electron chi connectivity index (χ2n) is 7.33. The summed E-state index contributed by atoms with van der Waals surface area (Å²) in [5.74, 6) is -0.306. The fourth-order valence-corrected chi connectivity index (χ4v) is 2.97. The average molecular weight is 481 g/mol. The van der Waals surface area contributed by atoms with Gasteiger partial charge in [-0.1, -0.05) is 35.3 Å². The van der Waals surface area contributed by atoms with Crippen LogP contribution in [-0.4, -0.2) is 35.2 Å². The number of carboxylic acids is 1. The number of ether oxygens (including phenoxy) is 1. The monoisotopic (exact) mass is 480 g/mol. The molecule has 0 radical (unpaired) electrons. The van der Waals surface area contributed by atoms with E-state index in [-0.39, 0.29) is 25.0 Å². The number of benzene rings is 2. The summed E-state index contributed by atoms with van der Waals surface area (Å²) in [5, 5.41) is 18.1. The van der Waals surface area contributed by atoms with Gasteiger partial charge in [-0.3, -0.25) is 10.1 Å². The molecule has 2 rings (SSSR count). The largest absolute Gasteiger partial charge is 0.489 e. The van der Waals surface area contributed by atoms with E-state index in [2.05, 4.69) is 20.9 Å². The Kier molecular flexibility index (Phi) is 9.61. The maximum atomic E-state index is 12.3. The van der Waals surface area contributed by atoms with Gasteiger partial charge in [-0.05, 0) is 56.7 Å². The summed E-state index contributed by atoms with van der Waals surface area (Å²) in [6, 6.07) is 11.1. The highest BCUT2D eigenvalue weighted by Crippen LogP contribution is 2.28. The van der Waals surface area contributed by atoms with Crippen molar-refractivity contribution in [3.8, 4) is 5.75 Å². The minimum atomic E-state index is -1.01. The van der Waals surface area contributed by atoms with Crippen LogP contribution in [0.25, 0.3) is 0 Å². The molecular weight excluding hydrogens is 455 g/mol. The molecule has 0 saturated heterocycles. The molecule has 2 amide bonds. The zero-order chi connectivity index (χ0) is 23.7. The van der Waals surface area contributed by atoms with Crippen LogP contribution in [0.3, 0.4) is 0 Å². The van der Waals surface area contributed by atoms with E-state index in [9.17, 15) is 9.59 Å². The Hall–Kier alpha value is -2.97. The topological polar surface area (TPSA) is 112 Å². The first-order valence-electron chi connectivity index (χ1n) is 9.93. The highest BCUT2D eigenvalue weighted by molar-refractivity contribution is 6.32. The van der Waals surface area contributed by atoms with Crippen LogP contribution in [0.2, 0.25) is 10.0 Å². The predicted molar refractivity (Wildman–Crippen MR) is 127 cm³/mol. The van der Waals surface area contributed by atoms with Gasteiger partial charge in [-0.15, -0.1) is 0 Å². The lowest BCUT2D eigenvalue weighted by molar-refractivity contribution is -0.137. The smallest absolute Gasteiger partial charge is 0.321 e. The molecule has 172 valence electrons. The molecular formula is C22H26Cl2N4O4. The van der Waals surface area contributed by atoms with Crippen LogP contribution >= 0.6 is 23.2 Å². The summed E-state index contributed by atoms with van der Waals surface area (Å²) < 4.78 is 5.63. The lowest BCUT2D eigenvalue weighted by Gasteiger charge is -2.16.